The number of ether oxygens (including phenoxy) is 1. The average Bonchev–Trinajstić information content (AvgIpc) is 2.85. The third-order valence-electron chi connectivity index (χ3n) is 6.36. The lowest BCUT2D eigenvalue weighted by Gasteiger charge is -2.29. The standard InChI is InChI=1S/C28H27F6NO3/c1-16(2)18-8-11-25(38-4)24(14-18)23-10-9-22(28(32,33)34)13-20(23)15-35(26(36)37)17(3)19-6-5-7-21(12-19)27(29,30)31/h5-14,16-17H,15H2,1-4H3,(H,36,37). The van der Waals surface area contributed by atoms with Gasteiger partial charge in [0.2, 0.25) is 0 Å². The average molecular weight is 540 g/mol. The molecule has 3 aromatic carbocycles. The van der Waals surface area contributed by atoms with Crippen LogP contribution in [0.3, 0.4) is 0 Å². The number of carbonyl (C=O) groups is 1. The van der Waals surface area contributed by atoms with Crippen LogP contribution < -0.4 is 4.74 Å². The van der Waals surface area contributed by atoms with Gasteiger partial charge in [0.25, 0.3) is 0 Å². The van der Waals surface area contributed by atoms with E-state index in [0.717, 1.165) is 40.8 Å². The molecule has 4 nitrogen and oxygen atoms in total. The molecule has 0 aromatic heterocycles. The van der Waals surface area contributed by atoms with Gasteiger partial charge < -0.3 is 9.84 Å². The number of hydrogen-bond acceptors (Lipinski definition) is 2. The smallest absolute Gasteiger partial charge is 0.416 e. The second kappa shape index (κ2) is 11.0. The summed E-state index contributed by atoms with van der Waals surface area (Å²) >= 11 is 0. The summed E-state index contributed by atoms with van der Waals surface area (Å²) in [5.74, 6) is 0.470. The zero-order valence-corrected chi connectivity index (χ0v) is 21.1. The van der Waals surface area contributed by atoms with Crippen molar-refractivity contribution >= 4 is 6.09 Å². The molecule has 0 heterocycles. The summed E-state index contributed by atoms with van der Waals surface area (Å²) in [6.07, 6.45) is -10.8. The minimum absolute atomic E-state index is 0.0280. The van der Waals surface area contributed by atoms with Crippen molar-refractivity contribution < 1.29 is 41.0 Å². The molecule has 0 aliphatic rings. The second-order valence-electron chi connectivity index (χ2n) is 9.19. The lowest BCUT2D eigenvalue weighted by Crippen LogP contribution is -2.32. The summed E-state index contributed by atoms with van der Waals surface area (Å²) in [5.41, 5.74) is -0.178. The van der Waals surface area contributed by atoms with Gasteiger partial charge in [-0.15, -0.1) is 0 Å². The van der Waals surface area contributed by atoms with E-state index in [9.17, 15) is 36.2 Å². The molecule has 1 unspecified atom stereocenters. The largest absolute Gasteiger partial charge is 0.496 e. The third kappa shape index (κ3) is 6.41. The Morgan fingerprint density at radius 2 is 1.47 bits per heavy atom. The van der Waals surface area contributed by atoms with E-state index < -0.39 is 42.2 Å². The van der Waals surface area contributed by atoms with Gasteiger partial charge in [0.1, 0.15) is 5.75 Å². The van der Waals surface area contributed by atoms with Crippen molar-refractivity contribution in [1.29, 1.82) is 0 Å². The highest BCUT2D eigenvalue weighted by Gasteiger charge is 2.34. The fraction of sp³-hybridized carbons (Fsp3) is 0.321. The monoisotopic (exact) mass is 539 g/mol. The molecule has 10 heteroatoms. The molecule has 1 N–H and O–H groups in total. The molecule has 0 bridgehead atoms. The van der Waals surface area contributed by atoms with E-state index >= 15 is 0 Å². The van der Waals surface area contributed by atoms with Crippen LogP contribution in [0.5, 0.6) is 5.75 Å². The van der Waals surface area contributed by atoms with Crippen LogP contribution in [0.25, 0.3) is 11.1 Å². The van der Waals surface area contributed by atoms with Gasteiger partial charge in [-0.2, -0.15) is 26.3 Å². The van der Waals surface area contributed by atoms with Crippen molar-refractivity contribution in [2.24, 2.45) is 0 Å². The molecule has 204 valence electrons. The van der Waals surface area contributed by atoms with Gasteiger partial charge in [-0.1, -0.05) is 38.1 Å². The molecular formula is C28H27F6NO3. The summed E-state index contributed by atoms with van der Waals surface area (Å²) in [6, 6.07) is 11.4. The number of alkyl halides is 6. The predicted molar refractivity (Wildman–Crippen MR) is 131 cm³/mol. The topological polar surface area (TPSA) is 49.8 Å². The van der Waals surface area contributed by atoms with Gasteiger partial charge in [0, 0.05) is 5.56 Å². The highest BCUT2D eigenvalue weighted by atomic mass is 19.4. The van der Waals surface area contributed by atoms with Crippen molar-refractivity contribution in [3.63, 3.8) is 0 Å². The molecular weight excluding hydrogens is 512 g/mol. The fourth-order valence-corrected chi connectivity index (χ4v) is 4.17. The Morgan fingerprint density at radius 3 is 2.03 bits per heavy atom. The van der Waals surface area contributed by atoms with Crippen molar-refractivity contribution in [3.8, 4) is 16.9 Å². The van der Waals surface area contributed by atoms with Crippen LogP contribution in [-0.2, 0) is 18.9 Å². The van der Waals surface area contributed by atoms with Crippen LogP contribution in [0.15, 0.2) is 60.7 Å². The molecule has 1 atom stereocenters. The van der Waals surface area contributed by atoms with E-state index in [1.54, 1.807) is 12.1 Å². The minimum Gasteiger partial charge on any atom is -0.496 e. The summed E-state index contributed by atoms with van der Waals surface area (Å²) in [5, 5.41) is 9.96. The summed E-state index contributed by atoms with van der Waals surface area (Å²) in [4.78, 5) is 13.1. The highest BCUT2D eigenvalue weighted by Crippen LogP contribution is 2.40. The van der Waals surface area contributed by atoms with E-state index in [1.165, 1.54) is 26.2 Å². The van der Waals surface area contributed by atoms with Crippen LogP contribution in [0.1, 0.15) is 60.5 Å². The van der Waals surface area contributed by atoms with Gasteiger partial charge in [0.05, 0.1) is 30.8 Å². The number of hydrogen-bond donors (Lipinski definition) is 1. The Hall–Kier alpha value is -3.69. The predicted octanol–water partition coefficient (Wildman–Crippen LogP) is 8.76. The molecule has 0 saturated carbocycles. The van der Waals surface area contributed by atoms with Gasteiger partial charge in [-0.25, -0.2) is 4.79 Å². The van der Waals surface area contributed by atoms with E-state index in [2.05, 4.69) is 0 Å². The van der Waals surface area contributed by atoms with E-state index in [0.29, 0.717) is 16.9 Å². The summed E-state index contributed by atoms with van der Waals surface area (Å²) in [7, 11) is 1.41. The van der Waals surface area contributed by atoms with Gasteiger partial charge >= 0.3 is 18.4 Å². The summed E-state index contributed by atoms with van der Waals surface area (Å²) < 4.78 is 86.1. The van der Waals surface area contributed by atoms with Crippen molar-refractivity contribution in [1.82, 2.24) is 4.90 Å². The number of amides is 1. The van der Waals surface area contributed by atoms with Crippen molar-refractivity contribution in [2.45, 2.75) is 51.6 Å². The van der Waals surface area contributed by atoms with Crippen molar-refractivity contribution in [3.05, 3.63) is 88.5 Å². The van der Waals surface area contributed by atoms with Crippen LogP contribution in [0.4, 0.5) is 31.1 Å². The number of methoxy groups -OCH3 is 1. The quantitative estimate of drug-likeness (QED) is 0.306. The number of nitrogens with zero attached hydrogens (tertiary/aromatic N) is 1. The zero-order valence-electron chi connectivity index (χ0n) is 21.1. The molecule has 38 heavy (non-hydrogen) atoms. The molecule has 0 aliphatic carbocycles. The Kier molecular flexibility index (Phi) is 8.33. The molecule has 1 amide bonds. The maximum Gasteiger partial charge on any atom is 0.416 e. The maximum atomic E-state index is 13.6. The molecule has 0 saturated heterocycles. The first-order valence-corrected chi connectivity index (χ1v) is 11.7. The van der Waals surface area contributed by atoms with Gasteiger partial charge in [-0.3, -0.25) is 4.90 Å². The van der Waals surface area contributed by atoms with Crippen molar-refractivity contribution in [2.75, 3.05) is 7.11 Å². The molecule has 0 spiro atoms. The fourth-order valence-electron chi connectivity index (χ4n) is 4.17. The van der Waals surface area contributed by atoms with Crippen LogP contribution in [0.2, 0.25) is 0 Å². The summed E-state index contributed by atoms with van der Waals surface area (Å²) in [6.45, 7) is 4.77. The van der Waals surface area contributed by atoms with E-state index in [-0.39, 0.29) is 17.0 Å². The minimum atomic E-state index is -4.70. The van der Waals surface area contributed by atoms with E-state index in [1.807, 2.05) is 19.9 Å². The number of halogens is 6. The highest BCUT2D eigenvalue weighted by molar-refractivity contribution is 5.75. The molecule has 3 rings (SSSR count). The van der Waals surface area contributed by atoms with Crippen LogP contribution in [-0.4, -0.2) is 23.2 Å². The number of rotatable bonds is 7. The zero-order chi connectivity index (χ0) is 28.4. The Balaban J connectivity index is 2.16. The Morgan fingerprint density at radius 1 is 0.842 bits per heavy atom. The number of benzene rings is 3. The molecule has 0 aliphatic heterocycles. The van der Waals surface area contributed by atoms with Gasteiger partial charge in [0.15, 0.2) is 0 Å². The Bertz CT molecular complexity index is 1300. The van der Waals surface area contributed by atoms with E-state index in [4.69, 9.17) is 4.74 Å². The number of carboxylic acid groups (broad SMARTS) is 1. The second-order valence-corrected chi connectivity index (χ2v) is 9.19. The van der Waals surface area contributed by atoms with Crippen LogP contribution in [0, 0.1) is 0 Å². The molecule has 3 aromatic rings. The SMILES string of the molecule is COc1ccc(C(C)C)cc1-c1ccc(C(F)(F)F)cc1CN(C(=O)O)C(C)c1cccc(C(F)(F)F)c1. The first-order valence-electron chi connectivity index (χ1n) is 11.7. The first kappa shape index (κ1) is 28.9. The first-order chi connectivity index (χ1) is 17.6. The third-order valence-corrected chi connectivity index (χ3v) is 6.36. The van der Waals surface area contributed by atoms with Gasteiger partial charge in [-0.05, 0) is 71.5 Å². The Labute approximate surface area is 216 Å². The lowest BCUT2D eigenvalue weighted by atomic mass is 9.92. The molecule has 0 fully saturated rings. The maximum absolute atomic E-state index is 13.6. The lowest BCUT2D eigenvalue weighted by molar-refractivity contribution is -0.138. The normalized spacial score (nSPS) is 12.9. The van der Waals surface area contributed by atoms with Crippen LogP contribution >= 0.6 is 0 Å². The molecule has 0 radical (unpaired) electrons.